The van der Waals surface area contributed by atoms with E-state index in [0.717, 1.165) is 5.69 Å². The smallest absolute Gasteiger partial charge is 0.261 e. The lowest BCUT2D eigenvalue weighted by molar-refractivity contribution is -0.129. The monoisotopic (exact) mass is 447 g/mol. The van der Waals surface area contributed by atoms with Gasteiger partial charge in [-0.05, 0) is 44.0 Å². The number of nitrogens with zero attached hydrogens (tertiary/aromatic N) is 3. The van der Waals surface area contributed by atoms with E-state index < -0.39 is 5.54 Å². The predicted molar refractivity (Wildman–Crippen MR) is 125 cm³/mol. The third-order valence-corrected chi connectivity index (χ3v) is 6.85. The Hall–Kier alpha value is -3.32. The maximum absolute atomic E-state index is 13.0. The number of hydrogen-bond donors (Lipinski definition) is 0. The number of para-hydroxylation sites is 1. The molecule has 0 unspecified atom stereocenters. The van der Waals surface area contributed by atoms with Crippen LogP contribution in [0, 0.1) is 0 Å². The average Bonchev–Trinajstić information content (AvgIpc) is 3.08. The summed E-state index contributed by atoms with van der Waals surface area (Å²) < 4.78 is 0. The highest BCUT2D eigenvalue weighted by molar-refractivity contribution is 6.21. The Bertz CT molecular complexity index is 1040. The highest BCUT2D eigenvalue weighted by Crippen LogP contribution is 2.35. The van der Waals surface area contributed by atoms with Crippen molar-refractivity contribution in [2.24, 2.45) is 0 Å². The number of amides is 3. The number of fused-ring (bicyclic) bond motifs is 1. The first-order valence-corrected chi connectivity index (χ1v) is 11.5. The van der Waals surface area contributed by atoms with Crippen LogP contribution in [0.4, 0.5) is 5.69 Å². The Kier molecular flexibility index (Phi) is 6.42. The molecule has 0 bridgehead atoms. The molecule has 0 N–H and O–H groups in total. The molecule has 0 atom stereocenters. The number of carbonyl (C=O) groups excluding carboxylic acids is 4. The Morgan fingerprint density at radius 3 is 1.94 bits per heavy atom. The number of carbonyl (C=O) groups is 4. The third-order valence-electron chi connectivity index (χ3n) is 6.85. The fourth-order valence-corrected chi connectivity index (χ4v) is 4.93. The molecule has 4 rings (SSSR count). The molecule has 7 nitrogen and oxygen atoms in total. The lowest BCUT2D eigenvalue weighted by Gasteiger charge is -2.47. The number of benzene rings is 2. The number of ketones is 1. The molecule has 2 aliphatic rings. The van der Waals surface area contributed by atoms with Gasteiger partial charge in [-0.2, -0.15) is 0 Å². The number of Topliss-reactive ketones (excluding diaryl/α,β-unsaturated/α-hetero) is 1. The van der Waals surface area contributed by atoms with Crippen LogP contribution in [0.25, 0.3) is 0 Å². The maximum Gasteiger partial charge on any atom is 0.261 e. The topological polar surface area (TPSA) is 78.0 Å². The summed E-state index contributed by atoms with van der Waals surface area (Å²) in [6.07, 6.45) is 1.32. The van der Waals surface area contributed by atoms with E-state index in [2.05, 4.69) is 4.90 Å². The largest absolute Gasteiger partial charge is 0.301 e. The minimum atomic E-state index is -0.888. The van der Waals surface area contributed by atoms with Crippen molar-refractivity contribution in [3.63, 3.8) is 0 Å². The Morgan fingerprint density at radius 1 is 0.879 bits per heavy atom. The van der Waals surface area contributed by atoms with E-state index in [9.17, 15) is 19.2 Å². The first-order valence-electron chi connectivity index (χ1n) is 11.5. The van der Waals surface area contributed by atoms with E-state index in [0.29, 0.717) is 56.6 Å². The van der Waals surface area contributed by atoms with Crippen LogP contribution in [0.15, 0.2) is 54.6 Å². The molecular formula is C26H29N3O4. The minimum Gasteiger partial charge on any atom is -0.301 e. The maximum atomic E-state index is 13.0. The molecule has 172 valence electrons. The van der Waals surface area contributed by atoms with Gasteiger partial charge in [-0.25, -0.2) is 0 Å². The molecule has 2 heterocycles. The van der Waals surface area contributed by atoms with E-state index in [1.54, 1.807) is 36.1 Å². The zero-order chi connectivity index (χ0) is 23.6. The van der Waals surface area contributed by atoms with Gasteiger partial charge in [-0.3, -0.25) is 29.0 Å². The Labute approximate surface area is 194 Å². The Morgan fingerprint density at radius 2 is 1.42 bits per heavy atom. The SMILES string of the molecule is CCC(=O)N(c1ccccc1)C1(C(C)=O)CCN(CCN2C(=O)c3ccccc3C2=O)CC1. The molecule has 33 heavy (non-hydrogen) atoms. The third kappa shape index (κ3) is 4.09. The van der Waals surface area contributed by atoms with Crippen molar-refractivity contribution >= 4 is 29.2 Å². The normalized spacial score (nSPS) is 17.7. The van der Waals surface area contributed by atoms with Crippen LogP contribution < -0.4 is 4.90 Å². The molecule has 2 aromatic rings. The number of likely N-dealkylation sites (tertiary alicyclic amines) is 1. The van der Waals surface area contributed by atoms with Crippen molar-refractivity contribution in [3.05, 3.63) is 65.7 Å². The molecule has 0 aromatic heterocycles. The van der Waals surface area contributed by atoms with Crippen molar-refractivity contribution in [1.82, 2.24) is 9.80 Å². The summed E-state index contributed by atoms with van der Waals surface area (Å²) in [5.41, 5.74) is 0.751. The number of hydrogen-bond acceptors (Lipinski definition) is 5. The summed E-state index contributed by atoms with van der Waals surface area (Å²) >= 11 is 0. The van der Waals surface area contributed by atoms with Gasteiger partial charge in [0.25, 0.3) is 11.8 Å². The molecule has 1 saturated heterocycles. The highest BCUT2D eigenvalue weighted by atomic mass is 16.2. The summed E-state index contributed by atoms with van der Waals surface area (Å²) in [5, 5.41) is 0. The summed E-state index contributed by atoms with van der Waals surface area (Å²) in [4.78, 5) is 56.3. The minimum absolute atomic E-state index is 0.0202. The zero-order valence-electron chi connectivity index (χ0n) is 19.1. The van der Waals surface area contributed by atoms with Gasteiger partial charge in [0.1, 0.15) is 5.54 Å². The van der Waals surface area contributed by atoms with Crippen LogP contribution in [-0.2, 0) is 9.59 Å². The predicted octanol–water partition coefficient (Wildman–Crippen LogP) is 3.15. The van der Waals surface area contributed by atoms with E-state index in [-0.39, 0.29) is 23.5 Å². The summed E-state index contributed by atoms with van der Waals surface area (Å²) in [6, 6.07) is 16.2. The number of anilines is 1. The number of piperidine rings is 1. The number of rotatable bonds is 7. The van der Waals surface area contributed by atoms with Crippen LogP contribution >= 0.6 is 0 Å². The summed E-state index contributed by atoms with van der Waals surface area (Å²) in [7, 11) is 0. The van der Waals surface area contributed by atoms with Crippen molar-refractivity contribution in [3.8, 4) is 0 Å². The lowest BCUT2D eigenvalue weighted by atomic mass is 9.81. The standard InChI is InChI=1S/C26H29N3O4/c1-3-23(31)29(20-9-5-4-6-10-20)26(19(2)30)13-15-27(16-14-26)17-18-28-24(32)21-11-7-8-12-22(21)25(28)33/h4-12H,3,13-18H2,1-2H3. The van der Waals surface area contributed by atoms with Gasteiger partial charge in [-0.15, -0.1) is 0 Å². The molecule has 0 radical (unpaired) electrons. The van der Waals surface area contributed by atoms with E-state index >= 15 is 0 Å². The highest BCUT2D eigenvalue weighted by Gasteiger charge is 2.46. The van der Waals surface area contributed by atoms with Gasteiger partial charge in [0.2, 0.25) is 5.91 Å². The second-order valence-corrected chi connectivity index (χ2v) is 8.66. The molecule has 0 aliphatic carbocycles. The van der Waals surface area contributed by atoms with Gasteiger partial charge in [0.15, 0.2) is 5.78 Å². The second-order valence-electron chi connectivity index (χ2n) is 8.66. The average molecular weight is 448 g/mol. The van der Waals surface area contributed by atoms with Gasteiger partial charge in [0.05, 0.1) is 11.1 Å². The zero-order valence-corrected chi connectivity index (χ0v) is 19.1. The fraction of sp³-hybridized carbons (Fsp3) is 0.385. The molecule has 3 amide bonds. The van der Waals surface area contributed by atoms with E-state index in [4.69, 9.17) is 0 Å². The quantitative estimate of drug-likeness (QED) is 0.610. The van der Waals surface area contributed by atoms with E-state index in [1.807, 2.05) is 37.3 Å². The molecule has 2 aromatic carbocycles. The van der Waals surface area contributed by atoms with Crippen LogP contribution in [0.5, 0.6) is 0 Å². The van der Waals surface area contributed by atoms with Gasteiger partial charge < -0.3 is 4.90 Å². The van der Waals surface area contributed by atoms with Crippen LogP contribution in [0.2, 0.25) is 0 Å². The fourth-order valence-electron chi connectivity index (χ4n) is 4.93. The molecule has 7 heteroatoms. The summed E-state index contributed by atoms with van der Waals surface area (Å²) in [6.45, 7) is 5.41. The molecule has 0 saturated carbocycles. The van der Waals surface area contributed by atoms with Crippen LogP contribution in [-0.4, -0.2) is 65.0 Å². The second kappa shape index (κ2) is 9.27. The number of imide groups is 1. The van der Waals surface area contributed by atoms with Crippen molar-refractivity contribution < 1.29 is 19.2 Å². The van der Waals surface area contributed by atoms with Gasteiger partial charge >= 0.3 is 0 Å². The molecule has 1 fully saturated rings. The summed E-state index contributed by atoms with van der Waals surface area (Å²) in [5.74, 6) is -0.604. The molecule has 0 spiro atoms. The Balaban J connectivity index is 1.46. The van der Waals surface area contributed by atoms with Crippen LogP contribution in [0.1, 0.15) is 53.8 Å². The molecular weight excluding hydrogens is 418 g/mol. The van der Waals surface area contributed by atoms with E-state index in [1.165, 1.54) is 4.90 Å². The van der Waals surface area contributed by atoms with Gasteiger partial charge in [-0.1, -0.05) is 37.3 Å². The van der Waals surface area contributed by atoms with Crippen molar-refractivity contribution in [2.45, 2.75) is 38.6 Å². The lowest BCUT2D eigenvalue weighted by Crippen LogP contribution is -2.62. The first-order chi connectivity index (χ1) is 15.9. The first kappa shape index (κ1) is 22.9. The van der Waals surface area contributed by atoms with Crippen molar-refractivity contribution in [2.75, 3.05) is 31.1 Å². The van der Waals surface area contributed by atoms with Gasteiger partial charge in [0, 0.05) is 38.3 Å². The van der Waals surface area contributed by atoms with Crippen LogP contribution in [0.3, 0.4) is 0 Å². The van der Waals surface area contributed by atoms with Crippen molar-refractivity contribution in [1.29, 1.82) is 0 Å². The molecule has 2 aliphatic heterocycles.